The van der Waals surface area contributed by atoms with Gasteiger partial charge in [-0.2, -0.15) is 0 Å². The average molecular weight is 1030 g/mol. The number of amides is 1. The van der Waals surface area contributed by atoms with E-state index in [1.165, 1.54) is 199 Å². The molecule has 0 aromatic rings. The van der Waals surface area contributed by atoms with E-state index in [4.69, 9.17) is 9.47 Å². The van der Waals surface area contributed by atoms with Crippen molar-refractivity contribution in [1.82, 2.24) is 9.80 Å². The Balaban J connectivity index is 5.23. The Morgan fingerprint density at radius 2 is 0.685 bits per heavy atom. The molecule has 1 amide bonds. The Morgan fingerprint density at radius 1 is 0.356 bits per heavy atom. The molecule has 0 aliphatic rings. The Morgan fingerprint density at radius 3 is 1.12 bits per heavy atom. The van der Waals surface area contributed by atoms with E-state index in [2.05, 4.69) is 70.7 Å². The van der Waals surface area contributed by atoms with Gasteiger partial charge in [0.25, 0.3) is 0 Å². The standard InChI is InChI=1S/C66H128N2O5/c1-8-13-18-21-22-23-24-25-26-27-28-33-38-46-58-68(64(69)54-45-47-57-67(6)7)63(52-41-34-29-31-36-43-55-65(70)72-59-61(48-16-11-4)50-39-19-14-9-2)53-42-35-30-32-37-44-56-66(71)73-60-62(49-17-12-5)51-40-20-15-10-3/h23-24,61-63H,8-22,25-60H2,1-7H3/b24-23-. The lowest BCUT2D eigenvalue weighted by molar-refractivity contribution is -0.146. The van der Waals surface area contributed by atoms with E-state index in [-0.39, 0.29) is 11.9 Å². The van der Waals surface area contributed by atoms with Gasteiger partial charge in [0.05, 0.1) is 13.2 Å². The highest BCUT2D eigenvalue weighted by molar-refractivity contribution is 5.76. The molecule has 0 saturated heterocycles. The minimum atomic E-state index is -0.00448. The third-order valence-electron chi connectivity index (χ3n) is 15.6. The molecule has 432 valence electrons. The van der Waals surface area contributed by atoms with Crippen molar-refractivity contribution in [1.29, 1.82) is 0 Å². The number of carbonyl (C=O) groups is 3. The van der Waals surface area contributed by atoms with Crippen LogP contribution in [0.4, 0.5) is 0 Å². The molecule has 0 spiro atoms. The van der Waals surface area contributed by atoms with Crippen LogP contribution in [0.2, 0.25) is 0 Å². The van der Waals surface area contributed by atoms with Gasteiger partial charge in [-0.15, -0.1) is 0 Å². The maximum absolute atomic E-state index is 14.2. The summed E-state index contributed by atoms with van der Waals surface area (Å²) in [7, 11) is 4.25. The Hall–Kier alpha value is -1.89. The Bertz CT molecular complexity index is 1150. The van der Waals surface area contributed by atoms with E-state index in [0.717, 1.165) is 96.6 Å². The van der Waals surface area contributed by atoms with Crippen LogP contribution in [0.1, 0.15) is 336 Å². The van der Waals surface area contributed by atoms with Crippen LogP contribution < -0.4 is 0 Å². The Kier molecular flexibility index (Phi) is 54.9. The van der Waals surface area contributed by atoms with Gasteiger partial charge in [-0.05, 0) is 129 Å². The number of allylic oxidation sites excluding steroid dienone is 2. The first kappa shape index (κ1) is 71.1. The van der Waals surface area contributed by atoms with Gasteiger partial charge >= 0.3 is 11.9 Å². The molecule has 2 atom stereocenters. The highest BCUT2D eigenvalue weighted by atomic mass is 16.5. The third-order valence-corrected chi connectivity index (χ3v) is 15.6. The number of ether oxygens (including phenoxy) is 2. The molecule has 0 fully saturated rings. The molecule has 0 aromatic heterocycles. The largest absolute Gasteiger partial charge is 0.465 e. The van der Waals surface area contributed by atoms with Crippen molar-refractivity contribution in [2.75, 3.05) is 40.4 Å². The minimum Gasteiger partial charge on any atom is -0.465 e. The Labute approximate surface area is 456 Å². The molecule has 7 heteroatoms. The molecule has 0 heterocycles. The summed E-state index contributed by atoms with van der Waals surface area (Å²) in [5, 5.41) is 0. The molecule has 73 heavy (non-hydrogen) atoms. The van der Waals surface area contributed by atoms with Crippen LogP contribution in [0.15, 0.2) is 12.2 Å². The lowest BCUT2D eigenvalue weighted by Gasteiger charge is -2.33. The van der Waals surface area contributed by atoms with Crippen molar-refractivity contribution in [2.24, 2.45) is 11.8 Å². The predicted molar refractivity (Wildman–Crippen MR) is 317 cm³/mol. The molecule has 0 bridgehead atoms. The average Bonchev–Trinajstić information content (AvgIpc) is 3.38. The fraction of sp³-hybridized carbons (Fsp3) is 0.924. The third kappa shape index (κ3) is 49.4. The lowest BCUT2D eigenvalue weighted by Crippen LogP contribution is -2.41. The van der Waals surface area contributed by atoms with Crippen molar-refractivity contribution in [3.8, 4) is 0 Å². The van der Waals surface area contributed by atoms with Gasteiger partial charge in [-0.1, -0.05) is 233 Å². The highest BCUT2D eigenvalue weighted by Gasteiger charge is 2.23. The van der Waals surface area contributed by atoms with E-state index >= 15 is 0 Å². The summed E-state index contributed by atoms with van der Waals surface area (Å²) in [5.41, 5.74) is 0. The zero-order valence-corrected chi connectivity index (χ0v) is 50.4. The number of rotatable bonds is 58. The zero-order chi connectivity index (χ0) is 53.5. The summed E-state index contributed by atoms with van der Waals surface area (Å²) >= 11 is 0. The van der Waals surface area contributed by atoms with E-state index in [1.54, 1.807) is 0 Å². The number of hydrogen-bond donors (Lipinski definition) is 0. The summed E-state index contributed by atoms with van der Waals surface area (Å²) in [6.07, 6.45) is 59.3. The number of carbonyl (C=O) groups excluding carboxylic acids is 3. The first-order chi connectivity index (χ1) is 35.7. The first-order valence-electron chi connectivity index (χ1n) is 32.6. The van der Waals surface area contributed by atoms with Gasteiger partial charge in [0.15, 0.2) is 0 Å². The second-order valence-corrected chi connectivity index (χ2v) is 23.1. The molecule has 0 rings (SSSR count). The van der Waals surface area contributed by atoms with Gasteiger partial charge in [-0.3, -0.25) is 14.4 Å². The molecular formula is C66H128N2O5. The number of unbranched alkanes of at least 4 members (excludes halogenated alkanes) is 29. The maximum Gasteiger partial charge on any atom is 0.305 e. The first-order valence-corrected chi connectivity index (χ1v) is 32.6. The summed E-state index contributed by atoms with van der Waals surface area (Å²) < 4.78 is 11.6. The van der Waals surface area contributed by atoms with Crippen molar-refractivity contribution in [3.63, 3.8) is 0 Å². The van der Waals surface area contributed by atoms with Gasteiger partial charge in [-0.25, -0.2) is 0 Å². The number of nitrogens with zero attached hydrogens (tertiary/aromatic N) is 2. The van der Waals surface area contributed by atoms with Crippen LogP contribution >= 0.6 is 0 Å². The fourth-order valence-corrected chi connectivity index (χ4v) is 10.6. The fourth-order valence-electron chi connectivity index (χ4n) is 10.6. The monoisotopic (exact) mass is 1030 g/mol. The van der Waals surface area contributed by atoms with Gasteiger partial charge in [0, 0.05) is 31.8 Å². The van der Waals surface area contributed by atoms with E-state index in [9.17, 15) is 14.4 Å². The zero-order valence-electron chi connectivity index (χ0n) is 50.4. The normalized spacial score (nSPS) is 13.0. The molecule has 0 N–H and O–H groups in total. The molecule has 0 saturated carbocycles. The van der Waals surface area contributed by atoms with Crippen LogP contribution in [-0.2, 0) is 23.9 Å². The van der Waals surface area contributed by atoms with Crippen LogP contribution in [0.25, 0.3) is 0 Å². The maximum atomic E-state index is 14.2. The van der Waals surface area contributed by atoms with Gasteiger partial charge in [0.2, 0.25) is 5.91 Å². The molecule has 0 radical (unpaired) electrons. The highest BCUT2D eigenvalue weighted by Crippen LogP contribution is 2.24. The van der Waals surface area contributed by atoms with E-state index in [1.807, 2.05) is 0 Å². The molecule has 0 aliphatic heterocycles. The summed E-state index contributed by atoms with van der Waals surface area (Å²) in [6.45, 7) is 14.4. The van der Waals surface area contributed by atoms with Gasteiger partial charge in [0.1, 0.15) is 0 Å². The minimum absolute atomic E-state index is 0.00448. The molecule has 2 unspecified atom stereocenters. The second kappa shape index (κ2) is 56.3. The smallest absolute Gasteiger partial charge is 0.305 e. The predicted octanol–water partition coefficient (Wildman–Crippen LogP) is 20.1. The SMILES string of the molecule is CCCCCC/C=C\CCCCCCCCN(C(=O)CCCCN(C)C)C(CCCCCCCCC(=O)OCC(CCCC)CCCCCC)CCCCCCCCC(=O)OCC(CCCC)CCCCCC. The molecular weight excluding hydrogens is 901 g/mol. The molecule has 0 aliphatic carbocycles. The van der Waals surface area contributed by atoms with Crippen LogP contribution in [0.3, 0.4) is 0 Å². The molecule has 7 nitrogen and oxygen atoms in total. The van der Waals surface area contributed by atoms with Crippen LogP contribution in [0.5, 0.6) is 0 Å². The van der Waals surface area contributed by atoms with Crippen LogP contribution in [-0.4, -0.2) is 74.1 Å². The van der Waals surface area contributed by atoms with Crippen molar-refractivity contribution in [3.05, 3.63) is 12.2 Å². The van der Waals surface area contributed by atoms with Crippen LogP contribution in [0, 0.1) is 11.8 Å². The lowest BCUT2D eigenvalue weighted by atomic mass is 9.96. The number of esters is 2. The topological polar surface area (TPSA) is 76.2 Å². The summed E-state index contributed by atoms with van der Waals surface area (Å²) in [5.74, 6) is 1.41. The van der Waals surface area contributed by atoms with Crippen molar-refractivity contribution < 1.29 is 23.9 Å². The van der Waals surface area contributed by atoms with Gasteiger partial charge < -0.3 is 19.3 Å². The van der Waals surface area contributed by atoms with Crippen molar-refractivity contribution in [2.45, 2.75) is 342 Å². The van der Waals surface area contributed by atoms with Crippen molar-refractivity contribution >= 4 is 17.8 Å². The summed E-state index contributed by atoms with van der Waals surface area (Å²) in [4.78, 5) is 44.1. The number of hydrogen-bond acceptors (Lipinski definition) is 6. The second-order valence-electron chi connectivity index (χ2n) is 23.1. The summed E-state index contributed by atoms with van der Waals surface area (Å²) in [6, 6.07) is 0.320. The molecule has 0 aromatic carbocycles. The quantitative estimate of drug-likeness (QED) is 0.0343. The van der Waals surface area contributed by atoms with E-state index < -0.39 is 0 Å². The van der Waals surface area contributed by atoms with E-state index in [0.29, 0.717) is 56.3 Å².